The largest absolute Gasteiger partial charge is 0.497 e. The molecule has 0 unspecified atom stereocenters. The number of carbonyl (C=O) groups excluding carboxylic acids is 2. The van der Waals surface area contributed by atoms with Crippen molar-refractivity contribution in [2.75, 3.05) is 25.1 Å². The number of anilines is 1. The molecule has 6 heteroatoms. The third kappa shape index (κ3) is 2.94. The molecule has 23 heavy (non-hydrogen) atoms. The van der Waals surface area contributed by atoms with Crippen molar-refractivity contribution in [2.24, 2.45) is 0 Å². The van der Waals surface area contributed by atoms with Crippen LogP contribution in [0.25, 0.3) is 0 Å². The van der Waals surface area contributed by atoms with Crippen LogP contribution < -0.4 is 9.64 Å². The number of rotatable bonds is 3. The Morgan fingerprint density at radius 2 is 1.96 bits per heavy atom. The molecule has 5 nitrogen and oxygen atoms in total. The molecule has 0 radical (unpaired) electrons. The molecular formula is C17H18N2O3S. The lowest BCUT2D eigenvalue weighted by molar-refractivity contribution is -0.124. The second kappa shape index (κ2) is 6.42. The zero-order valence-electron chi connectivity index (χ0n) is 13.1. The van der Waals surface area contributed by atoms with E-state index in [0.29, 0.717) is 18.7 Å². The van der Waals surface area contributed by atoms with E-state index in [-0.39, 0.29) is 11.8 Å². The minimum absolute atomic E-state index is 0.0648. The van der Waals surface area contributed by atoms with Gasteiger partial charge >= 0.3 is 0 Å². The molecule has 0 bridgehead atoms. The van der Waals surface area contributed by atoms with Gasteiger partial charge in [-0.25, -0.2) is 0 Å². The van der Waals surface area contributed by atoms with Crippen LogP contribution in [0, 0.1) is 0 Å². The lowest BCUT2D eigenvalue weighted by atomic mass is 10.1. The van der Waals surface area contributed by atoms with E-state index >= 15 is 0 Å². The highest BCUT2D eigenvalue weighted by Crippen LogP contribution is 2.24. The molecule has 0 saturated carbocycles. The average molecular weight is 330 g/mol. The average Bonchev–Trinajstić information content (AvgIpc) is 3.11. The van der Waals surface area contributed by atoms with Gasteiger partial charge in [-0.15, -0.1) is 0 Å². The standard InChI is InChI=1S/C17H18N2O3S/c1-12-16(20)19(14-3-5-15(22-2)6-4-14)9-8-18(12)17(21)13-7-10-23-11-13/h3-7,10-12H,8-9H2,1-2H3/t12-/m1/s1. The molecule has 0 N–H and O–H groups in total. The molecule has 0 aliphatic carbocycles. The van der Waals surface area contributed by atoms with Crippen LogP contribution in [0.2, 0.25) is 0 Å². The van der Waals surface area contributed by atoms with Crippen LogP contribution in [-0.4, -0.2) is 43.0 Å². The third-order valence-corrected chi connectivity index (χ3v) is 4.75. The van der Waals surface area contributed by atoms with Crippen molar-refractivity contribution in [3.8, 4) is 5.75 Å². The first-order valence-electron chi connectivity index (χ1n) is 7.40. The Balaban J connectivity index is 1.76. The maximum absolute atomic E-state index is 12.7. The number of methoxy groups -OCH3 is 1. The van der Waals surface area contributed by atoms with Crippen LogP contribution in [0.1, 0.15) is 17.3 Å². The first-order valence-corrected chi connectivity index (χ1v) is 8.34. The Kier molecular flexibility index (Phi) is 4.34. The fourth-order valence-electron chi connectivity index (χ4n) is 2.72. The number of piperazine rings is 1. The van der Waals surface area contributed by atoms with Crippen molar-refractivity contribution < 1.29 is 14.3 Å². The molecule has 2 amide bonds. The van der Waals surface area contributed by atoms with Crippen molar-refractivity contribution in [1.82, 2.24) is 4.90 Å². The summed E-state index contributed by atoms with van der Waals surface area (Å²) in [5, 5.41) is 3.68. The quantitative estimate of drug-likeness (QED) is 0.869. The fraction of sp³-hybridized carbons (Fsp3) is 0.294. The van der Waals surface area contributed by atoms with Gasteiger partial charge in [0.05, 0.1) is 12.7 Å². The van der Waals surface area contributed by atoms with Gasteiger partial charge in [-0.1, -0.05) is 0 Å². The number of ether oxygens (including phenoxy) is 1. The maximum atomic E-state index is 12.7. The molecule has 3 rings (SSSR count). The molecule has 120 valence electrons. The molecule has 1 aliphatic rings. The predicted molar refractivity (Wildman–Crippen MR) is 90.2 cm³/mol. The zero-order valence-corrected chi connectivity index (χ0v) is 13.9. The predicted octanol–water partition coefficient (Wildman–Crippen LogP) is 2.63. The van der Waals surface area contributed by atoms with Crippen molar-refractivity contribution in [1.29, 1.82) is 0 Å². The first kappa shape index (κ1) is 15.6. The molecule has 2 aromatic rings. The van der Waals surface area contributed by atoms with E-state index in [9.17, 15) is 9.59 Å². The van der Waals surface area contributed by atoms with Gasteiger partial charge in [0.1, 0.15) is 11.8 Å². The van der Waals surface area contributed by atoms with E-state index in [1.807, 2.05) is 35.0 Å². The zero-order chi connectivity index (χ0) is 16.4. The SMILES string of the molecule is COc1ccc(N2CCN(C(=O)c3ccsc3)[C@H](C)C2=O)cc1. The van der Waals surface area contributed by atoms with Gasteiger partial charge < -0.3 is 14.5 Å². The number of hydrogen-bond acceptors (Lipinski definition) is 4. The van der Waals surface area contributed by atoms with E-state index in [1.54, 1.807) is 29.9 Å². The van der Waals surface area contributed by atoms with Gasteiger partial charge in [0.2, 0.25) is 5.91 Å². The highest BCUT2D eigenvalue weighted by atomic mass is 32.1. The number of nitrogens with zero attached hydrogens (tertiary/aromatic N) is 2. The van der Waals surface area contributed by atoms with Gasteiger partial charge in [0, 0.05) is 24.2 Å². The van der Waals surface area contributed by atoms with Crippen molar-refractivity contribution in [3.05, 3.63) is 46.7 Å². The second-order valence-electron chi connectivity index (χ2n) is 5.37. The first-order chi connectivity index (χ1) is 11.1. The molecular weight excluding hydrogens is 312 g/mol. The Morgan fingerprint density at radius 1 is 1.22 bits per heavy atom. The Hall–Kier alpha value is -2.34. The summed E-state index contributed by atoms with van der Waals surface area (Å²) >= 11 is 1.48. The molecule has 1 aromatic heterocycles. The lowest BCUT2D eigenvalue weighted by Gasteiger charge is -2.39. The van der Waals surface area contributed by atoms with E-state index in [1.165, 1.54) is 11.3 Å². The number of benzene rings is 1. The maximum Gasteiger partial charge on any atom is 0.255 e. The molecule has 1 fully saturated rings. The van der Waals surface area contributed by atoms with Crippen LogP contribution in [-0.2, 0) is 4.79 Å². The molecule has 1 aliphatic heterocycles. The number of amides is 2. The van der Waals surface area contributed by atoms with Crippen LogP contribution >= 0.6 is 11.3 Å². The van der Waals surface area contributed by atoms with Gasteiger partial charge in [0.25, 0.3) is 5.91 Å². The summed E-state index contributed by atoms with van der Waals surface area (Å²) in [6.07, 6.45) is 0. The van der Waals surface area contributed by atoms with E-state index in [0.717, 1.165) is 11.4 Å². The highest BCUT2D eigenvalue weighted by molar-refractivity contribution is 7.08. The van der Waals surface area contributed by atoms with Crippen molar-refractivity contribution in [2.45, 2.75) is 13.0 Å². The van der Waals surface area contributed by atoms with E-state index < -0.39 is 6.04 Å². The van der Waals surface area contributed by atoms with Crippen LogP contribution in [0.5, 0.6) is 5.75 Å². The third-order valence-electron chi connectivity index (χ3n) is 4.07. The molecule has 1 atom stereocenters. The number of carbonyl (C=O) groups is 2. The Labute approximate surface area is 139 Å². The summed E-state index contributed by atoms with van der Waals surface area (Å²) < 4.78 is 5.14. The van der Waals surface area contributed by atoms with Gasteiger partial charge in [-0.3, -0.25) is 9.59 Å². The molecule has 0 spiro atoms. The van der Waals surface area contributed by atoms with E-state index in [2.05, 4.69) is 0 Å². The monoisotopic (exact) mass is 330 g/mol. The van der Waals surface area contributed by atoms with Gasteiger partial charge in [0.15, 0.2) is 0 Å². The van der Waals surface area contributed by atoms with Gasteiger partial charge in [-0.05, 0) is 42.6 Å². The summed E-state index contributed by atoms with van der Waals surface area (Å²) in [6, 6.07) is 8.70. The van der Waals surface area contributed by atoms with Crippen LogP contribution in [0.3, 0.4) is 0 Å². The molecule has 1 aromatic carbocycles. The van der Waals surface area contributed by atoms with E-state index in [4.69, 9.17) is 4.74 Å². The summed E-state index contributed by atoms with van der Waals surface area (Å²) in [5.41, 5.74) is 1.47. The minimum Gasteiger partial charge on any atom is -0.497 e. The summed E-state index contributed by atoms with van der Waals surface area (Å²) in [4.78, 5) is 28.5. The van der Waals surface area contributed by atoms with Crippen LogP contribution in [0.4, 0.5) is 5.69 Å². The van der Waals surface area contributed by atoms with Crippen LogP contribution in [0.15, 0.2) is 41.1 Å². The highest BCUT2D eigenvalue weighted by Gasteiger charge is 2.35. The number of hydrogen-bond donors (Lipinski definition) is 0. The molecule has 2 heterocycles. The smallest absolute Gasteiger partial charge is 0.255 e. The Morgan fingerprint density at radius 3 is 2.57 bits per heavy atom. The van der Waals surface area contributed by atoms with Gasteiger partial charge in [-0.2, -0.15) is 11.3 Å². The summed E-state index contributed by atoms with van der Waals surface area (Å²) in [6.45, 7) is 2.79. The summed E-state index contributed by atoms with van der Waals surface area (Å²) in [7, 11) is 1.61. The fourth-order valence-corrected chi connectivity index (χ4v) is 3.35. The second-order valence-corrected chi connectivity index (χ2v) is 6.15. The van der Waals surface area contributed by atoms with Crippen molar-refractivity contribution in [3.63, 3.8) is 0 Å². The number of thiophene rings is 1. The van der Waals surface area contributed by atoms with Crippen molar-refractivity contribution >= 4 is 28.8 Å². The molecule has 1 saturated heterocycles. The topological polar surface area (TPSA) is 49.9 Å². The summed E-state index contributed by atoms with van der Waals surface area (Å²) in [5.74, 6) is 0.604. The lowest BCUT2D eigenvalue weighted by Crippen LogP contribution is -2.57. The minimum atomic E-state index is -0.474. The Bertz CT molecular complexity index is 697. The normalized spacial score (nSPS) is 18.2.